The molecule has 0 saturated carbocycles. The number of carbonyl (C=O) groups is 1. The molecule has 2 unspecified atom stereocenters. The smallest absolute Gasteiger partial charge is 0.258 e. The Morgan fingerprint density at radius 1 is 1.35 bits per heavy atom. The normalized spacial score (nSPS) is 13.6. The van der Waals surface area contributed by atoms with Crippen LogP contribution in [0.1, 0.15) is 38.8 Å². The zero-order chi connectivity index (χ0) is 15.1. The van der Waals surface area contributed by atoms with E-state index in [0.717, 1.165) is 18.5 Å². The molecule has 0 aliphatic rings. The van der Waals surface area contributed by atoms with E-state index < -0.39 is 12.0 Å². The highest BCUT2D eigenvalue weighted by molar-refractivity contribution is 5.78. The van der Waals surface area contributed by atoms with E-state index in [0.29, 0.717) is 11.5 Å². The molecule has 0 saturated heterocycles. The zero-order valence-corrected chi connectivity index (χ0v) is 12.6. The van der Waals surface area contributed by atoms with Gasteiger partial charge in [-0.15, -0.1) is 0 Å². The van der Waals surface area contributed by atoms with Crippen LogP contribution >= 0.6 is 0 Å². The Morgan fingerprint density at radius 3 is 2.60 bits per heavy atom. The molecule has 0 heterocycles. The molecule has 1 aromatic rings. The first-order valence-electron chi connectivity index (χ1n) is 6.86. The average Bonchev–Trinajstić information content (AvgIpc) is 2.44. The first-order valence-corrected chi connectivity index (χ1v) is 6.86. The molecule has 112 valence electrons. The lowest BCUT2D eigenvalue weighted by Gasteiger charge is -2.18. The van der Waals surface area contributed by atoms with Gasteiger partial charge in [-0.1, -0.05) is 13.0 Å². The summed E-state index contributed by atoms with van der Waals surface area (Å²) in [6.45, 7) is 6.79. The molecule has 5 heteroatoms. The van der Waals surface area contributed by atoms with Crippen molar-refractivity contribution < 1.29 is 14.3 Å². The number of rotatable bonds is 8. The quantitative estimate of drug-likeness (QED) is 0.764. The van der Waals surface area contributed by atoms with Crippen molar-refractivity contribution in [3.8, 4) is 11.5 Å². The molecule has 20 heavy (non-hydrogen) atoms. The molecule has 1 rings (SSSR count). The first-order chi connectivity index (χ1) is 9.49. The van der Waals surface area contributed by atoms with Crippen molar-refractivity contribution in [1.82, 2.24) is 5.32 Å². The van der Waals surface area contributed by atoms with Crippen LogP contribution in [0.3, 0.4) is 0 Å². The van der Waals surface area contributed by atoms with Crippen LogP contribution in [0.2, 0.25) is 0 Å². The van der Waals surface area contributed by atoms with Crippen molar-refractivity contribution in [1.29, 1.82) is 0 Å². The number of hydrogen-bond acceptors (Lipinski definition) is 4. The van der Waals surface area contributed by atoms with Crippen molar-refractivity contribution in [2.75, 3.05) is 13.7 Å². The fraction of sp³-hybridized carbons (Fsp3) is 0.533. The van der Waals surface area contributed by atoms with Gasteiger partial charge in [0.2, 0.25) is 0 Å². The Hall–Kier alpha value is -1.75. The molecule has 0 radical (unpaired) electrons. The molecule has 5 nitrogen and oxygen atoms in total. The van der Waals surface area contributed by atoms with Gasteiger partial charge in [0.1, 0.15) is 0 Å². The van der Waals surface area contributed by atoms with Crippen molar-refractivity contribution in [3.63, 3.8) is 0 Å². The lowest BCUT2D eigenvalue weighted by molar-refractivity contribution is -0.124. The summed E-state index contributed by atoms with van der Waals surface area (Å²) in [5, 5.41) is 3.41. The molecule has 0 aliphatic heterocycles. The minimum atomic E-state index is -0.689. The average molecular weight is 280 g/mol. The predicted octanol–water partition coefficient (Wildman–Crippen LogP) is 2.01. The van der Waals surface area contributed by atoms with Gasteiger partial charge in [0.05, 0.1) is 7.11 Å². The van der Waals surface area contributed by atoms with Crippen LogP contribution in [0.25, 0.3) is 0 Å². The zero-order valence-electron chi connectivity index (χ0n) is 12.6. The number of methoxy groups -OCH3 is 1. The lowest BCUT2D eigenvalue weighted by Crippen LogP contribution is -2.30. The molecule has 0 spiro atoms. The maximum absolute atomic E-state index is 11.0. The Morgan fingerprint density at radius 2 is 2.05 bits per heavy atom. The predicted molar refractivity (Wildman–Crippen MR) is 79.0 cm³/mol. The van der Waals surface area contributed by atoms with Gasteiger partial charge < -0.3 is 20.5 Å². The summed E-state index contributed by atoms with van der Waals surface area (Å²) in [5.74, 6) is 0.611. The minimum Gasteiger partial charge on any atom is -0.493 e. The summed E-state index contributed by atoms with van der Waals surface area (Å²) in [6, 6.07) is 5.90. The SMILES string of the molecule is CCCNC(C)c1ccc(OC(C)C(N)=O)c(OC)c1. The van der Waals surface area contributed by atoms with E-state index in [4.69, 9.17) is 15.2 Å². The molecule has 1 amide bonds. The van der Waals surface area contributed by atoms with Gasteiger partial charge in [0, 0.05) is 6.04 Å². The van der Waals surface area contributed by atoms with Crippen molar-refractivity contribution >= 4 is 5.91 Å². The number of carbonyl (C=O) groups excluding carboxylic acids is 1. The molecule has 0 bridgehead atoms. The summed E-state index contributed by atoms with van der Waals surface area (Å²) in [7, 11) is 1.57. The van der Waals surface area contributed by atoms with Gasteiger partial charge in [0.15, 0.2) is 17.6 Å². The third kappa shape index (κ3) is 4.42. The Balaban J connectivity index is 2.87. The molecule has 2 atom stereocenters. The Kier molecular flexibility index (Phi) is 6.31. The van der Waals surface area contributed by atoms with E-state index in [2.05, 4.69) is 19.2 Å². The van der Waals surface area contributed by atoms with Crippen LogP contribution in [0.4, 0.5) is 0 Å². The number of nitrogens with two attached hydrogens (primary N) is 1. The molecule has 0 aromatic heterocycles. The summed E-state index contributed by atoms with van der Waals surface area (Å²) in [5.41, 5.74) is 6.30. The van der Waals surface area contributed by atoms with Crippen molar-refractivity contribution in [3.05, 3.63) is 23.8 Å². The highest BCUT2D eigenvalue weighted by Gasteiger charge is 2.15. The summed E-state index contributed by atoms with van der Waals surface area (Å²) < 4.78 is 10.8. The third-order valence-electron chi connectivity index (χ3n) is 3.09. The van der Waals surface area contributed by atoms with Gasteiger partial charge in [-0.05, 0) is 44.5 Å². The first kappa shape index (κ1) is 16.3. The summed E-state index contributed by atoms with van der Waals surface area (Å²) in [4.78, 5) is 11.0. The van der Waals surface area contributed by atoms with Gasteiger partial charge in [-0.2, -0.15) is 0 Å². The van der Waals surface area contributed by atoms with E-state index in [1.807, 2.05) is 12.1 Å². The number of primary amides is 1. The van der Waals surface area contributed by atoms with Crippen molar-refractivity contribution in [2.45, 2.75) is 39.3 Å². The van der Waals surface area contributed by atoms with E-state index in [1.165, 1.54) is 0 Å². The second-order valence-corrected chi connectivity index (χ2v) is 4.75. The standard InChI is InChI=1S/C15H24N2O3/c1-5-8-17-10(2)12-6-7-13(14(9-12)19-4)20-11(3)15(16)18/h6-7,9-11,17H,5,8H2,1-4H3,(H2,16,18). The van der Waals surface area contributed by atoms with Crippen LogP contribution in [0.15, 0.2) is 18.2 Å². The number of ether oxygens (including phenoxy) is 2. The third-order valence-corrected chi connectivity index (χ3v) is 3.09. The number of hydrogen-bond donors (Lipinski definition) is 2. The van der Waals surface area contributed by atoms with Crippen LogP contribution in [0, 0.1) is 0 Å². The second-order valence-electron chi connectivity index (χ2n) is 4.75. The van der Waals surface area contributed by atoms with Gasteiger partial charge in [0.25, 0.3) is 5.91 Å². The number of nitrogens with one attached hydrogen (secondary N) is 1. The van der Waals surface area contributed by atoms with E-state index in [1.54, 1.807) is 20.1 Å². The highest BCUT2D eigenvalue weighted by Crippen LogP contribution is 2.31. The topological polar surface area (TPSA) is 73.6 Å². The molecule has 1 aromatic carbocycles. The van der Waals surface area contributed by atoms with E-state index in [-0.39, 0.29) is 6.04 Å². The van der Waals surface area contributed by atoms with Crippen LogP contribution < -0.4 is 20.5 Å². The van der Waals surface area contributed by atoms with Crippen LogP contribution in [-0.4, -0.2) is 25.7 Å². The molecular formula is C15H24N2O3. The van der Waals surface area contributed by atoms with E-state index >= 15 is 0 Å². The molecular weight excluding hydrogens is 256 g/mol. The van der Waals surface area contributed by atoms with E-state index in [9.17, 15) is 4.79 Å². The summed E-state index contributed by atoms with van der Waals surface area (Å²) in [6.07, 6.45) is 0.393. The summed E-state index contributed by atoms with van der Waals surface area (Å²) >= 11 is 0. The number of amides is 1. The second kappa shape index (κ2) is 7.75. The van der Waals surface area contributed by atoms with Crippen LogP contribution in [-0.2, 0) is 4.79 Å². The fourth-order valence-corrected chi connectivity index (χ4v) is 1.78. The largest absolute Gasteiger partial charge is 0.493 e. The van der Waals surface area contributed by atoms with Gasteiger partial charge in [-0.25, -0.2) is 0 Å². The van der Waals surface area contributed by atoms with Crippen molar-refractivity contribution in [2.24, 2.45) is 5.73 Å². The molecule has 3 N–H and O–H groups in total. The number of benzene rings is 1. The molecule has 0 aliphatic carbocycles. The van der Waals surface area contributed by atoms with Gasteiger partial charge >= 0.3 is 0 Å². The minimum absolute atomic E-state index is 0.228. The van der Waals surface area contributed by atoms with Gasteiger partial charge in [-0.3, -0.25) is 4.79 Å². The maximum atomic E-state index is 11.0. The van der Waals surface area contributed by atoms with Crippen LogP contribution in [0.5, 0.6) is 11.5 Å². The Bertz CT molecular complexity index is 449. The lowest BCUT2D eigenvalue weighted by atomic mass is 10.1. The maximum Gasteiger partial charge on any atom is 0.258 e. The fourth-order valence-electron chi connectivity index (χ4n) is 1.78. The molecule has 0 fully saturated rings. The monoisotopic (exact) mass is 280 g/mol. The highest BCUT2D eigenvalue weighted by atomic mass is 16.5. The Labute approximate surface area is 120 Å².